The van der Waals surface area contributed by atoms with Crippen LogP contribution in [0.25, 0.3) is 0 Å². The van der Waals surface area contributed by atoms with Gasteiger partial charge in [0.25, 0.3) is 0 Å². The first-order valence-corrected chi connectivity index (χ1v) is 3.94. The molecule has 39 valence electrons. The van der Waals surface area contributed by atoms with E-state index in [0.29, 0.717) is 6.42 Å². The normalized spacial score (nSPS) is 8.00. The van der Waals surface area contributed by atoms with Gasteiger partial charge >= 0.3 is 0 Å². The number of rotatable bonds is 3. The molecular formula is C4H6NS2. The summed E-state index contributed by atoms with van der Waals surface area (Å²) in [6.07, 6.45) is 1.58. The standard InChI is InChI=1S/C4H6NS2/c5-3-1-2-4-7-6/h1-2,4H2. The van der Waals surface area contributed by atoms with Gasteiger partial charge in [-0.15, -0.1) is 0 Å². The van der Waals surface area contributed by atoms with Crippen molar-refractivity contribution in [2.24, 2.45) is 0 Å². The van der Waals surface area contributed by atoms with E-state index in [-0.39, 0.29) is 0 Å². The minimum absolute atomic E-state index is 0.642. The lowest BCUT2D eigenvalue weighted by atomic mass is 10.4. The molecule has 0 heterocycles. The van der Waals surface area contributed by atoms with Gasteiger partial charge in [0.05, 0.1) is 6.07 Å². The van der Waals surface area contributed by atoms with Crippen LogP contribution in [0.1, 0.15) is 12.8 Å². The second-order valence-corrected chi connectivity index (χ2v) is 2.43. The van der Waals surface area contributed by atoms with Crippen molar-refractivity contribution < 1.29 is 0 Å². The maximum atomic E-state index is 8.00. The van der Waals surface area contributed by atoms with E-state index >= 15 is 0 Å². The quantitative estimate of drug-likeness (QED) is 0.434. The Bertz CT molecular complexity index is 66.6. The van der Waals surface area contributed by atoms with Crippen LogP contribution in [0.5, 0.6) is 0 Å². The maximum Gasteiger partial charge on any atom is 0.0622 e. The van der Waals surface area contributed by atoms with Crippen molar-refractivity contribution in [1.29, 1.82) is 5.26 Å². The summed E-state index contributed by atoms with van der Waals surface area (Å²) in [7, 11) is 1.37. The average Bonchev–Trinajstić information content (AvgIpc) is 1.69. The monoisotopic (exact) mass is 132 g/mol. The van der Waals surface area contributed by atoms with Gasteiger partial charge in [-0.05, 0) is 18.1 Å². The Labute approximate surface area is 52.9 Å². The van der Waals surface area contributed by atoms with Crippen molar-refractivity contribution in [2.75, 3.05) is 5.75 Å². The largest absolute Gasteiger partial charge is 0.198 e. The molecule has 0 aromatic rings. The molecule has 1 radical (unpaired) electrons. The second kappa shape index (κ2) is 6.19. The van der Waals surface area contributed by atoms with Crippen LogP contribution in [0, 0.1) is 11.3 Å². The van der Waals surface area contributed by atoms with Gasteiger partial charge < -0.3 is 0 Å². The summed E-state index contributed by atoms with van der Waals surface area (Å²) in [5.74, 6) is 0.933. The van der Waals surface area contributed by atoms with Crippen molar-refractivity contribution in [1.82, 2.24) is 0 Å². The predicted octanol–water partition coefficient (Wildman–Crippen LogP) is 2.14. The zero-order valence-electron chi connectivity index (χ0n) is 3.89. The minimum Gasteiger partial charge on any atom is -0.198 e. The van der Waals surface area contributed by atoms with Gasteiger partial charge in [0.1, 0.15) is 0 Å². The molecule has 0 bridgehead atoms. The smallest absolute Gasteiger partial charge is 0.0622 e. The Morgan fingerprint density at radius 2 is 2.43 bits per heavy atom. The van der Waals surface area contributed by atoms with Gasteiger partial charge in [-0.3, -0.25) is 0 Å². The Morgan fingerprint density at radius 3 is 2.86 bits per heavy atom. The van der Waals surface area contributed by atoms with Gasteiger partial charge in [0.15, 0.2) is 0 Å². The SMILES string of the molecule is N#CCCCS[S]. The van der Waals surface area contributed by atoms with Crippen LogP contribution >= 0.6 is 22.5 Å². The first-order valence-electron chi connectivity index (χ1n) is 2.03. The molecule has 0 fully saturated rings. The summed E-state index contributed by atoms with van der Waals surface area (Å²) in [5, 5.41) is 8.00. The molecule has 0 spiro atoms. The zero-order valence-corrected chi connectivity index (χ0v) is 5.52. The molecule has 0 rings (SSSR count). The number of nitriles is 1. The summed E-state index contributed by atoms with van der Waals surface area (Å²) in [6.45, 7) is 0. The van der Waals surface area contributed by atoms with E-state index in [2.05, 4.69) is 11.7 Å². The highest BCUT2D eigenvalue weighted by atomic mass is 33.1. The molecule has 0 unspecified atom stereocenters. The molecule has 3 heteroatoms. The predicted molar refractivity (Wildman–Crippen MR) is 34.9 cm³/mol. The molecule has 0 N–H and O–H groups in total. The van der Waals surface area contributed by atoms with Crippen LogP contribution < -0.4 is 0 Å². The summed E-state index contributed by atoms with van der Waals surface area (Å²) in [4.78, 5) is 0. The third kappa shape index (κ3) is 6.19. The fourth-order valence-electron chi connectivity index (χ4n) is 0.210. The van der Waals surface area contributed by atoms with Gasteiger partial charge in [-0.2, -0.15) is 5.26 Å². The van der Waals surface area contributed by atoms with E-state index in [4.69, 9.17) is 5.26 Å². The Hall–Kier alpha value is 0.190. The third-order valence-electron chi connectivity index (χ3n) is 0.516. The number of hydrogen-bond donors (Lipinski definition) is 0. The highest BCUT2D eigenvalue weighted by Gasteiger charge is 1.81. The number of hydrogen-bond acceptors (Lipinski definition) is 2. The van der Waals surface area contributed by atoms with E-state index in [9.17, 15) is 0 Å². The van der Waals surface area contributed by atoms with E-state index in [0.717, 1.165) is 12.2 Å². The van der Waals surface area contributed by atoms with E-state index in [1.807, 2.05) is 6.07 Å². The lowest BCUT2D eigenvalue weighted by molar-refractivity contribution is 0.985. The molecule has 0 aliphatic carbocycles. The van der Waals surface area contributed by atoms with Crippen LogP contribution in [0.2, 0.25) is 0 Å². The van der Waals surface area contributed by atoms with Crippen molar-refractivity contribution in [3.63, 3.8) is 0 Å². The van der Waals surface area contributed by atoms with Crippen LogP contribution in [-0.4, -0.2) is 5.75 Å². The molecule has 0 aliphatic heterocycles. The fourth-order valence-corrected chi connectivity index (χ4v) is 0.826. The summed E-state index contributed by atoms with van der Waals surface area (Å²) >= 11 is 4.57. The first kappa shape index (κ1) is 7.19. The summed E-state index contributed by atoms with van der Waals surface area (Å²) in [5.41, 5.74) is 0. The van der Waals surface area contributed by atoms with Crippen molar-refractivity contribution in [3.05, 3.63) is 0 Å². The van der Waals surface area contributed by atoms with Crippen molar-refractivity contribution in [3.8, 4) is 6.07 Å². The third-order valence-corrected chi connectivity index (χ3v) is 1.47. The van der Waals surface area contributed by atoms with Gasteiger partial charge in [0.2, 0.25) is 0 Å². The molecule has 0 aliphatic rings. The summed E-state index contributed by atoms with van der Waals surface area (Å²) < 4.78 is 0. The van der Waals surface area contributed by atoms with Crippen molar-refractivity contribution >= 4 is 22.5 Å². The molecule has 0 aromatic carbocycles. The van der Waals surface area contributed by atoms with Gasteiger partial charge in [-0.1, -0.05) is 10.8 Å². The maximum absolute atomic E-state index is 8.00. The molecule has 0 saturated carbocycles. The molecule has 0 aromatic heterocycles. The molecule has 0 amide bonds. The molecular weight excluding hydrogens is 126 g/mol. The molecule has 0 saturated heterocycles. The topological polar surface area (TPSA) is 23.8 Å². The van der Waals surface area contributed by atoms with Crippen LogP contribution in [0.15, 0.2) is 0 Å². The average molecular weight is 132 g/mol. The first-order chi connectivity index (χ1) is 3.41. The van der Waals surface area contributed by atoms with E-state index in [1.54, 1.807) is 0 Å². The van der Waals surface area contributed by atoms with E-state index in [1.165, 1.54) is 10.8 Å². The fraction of sp³-hybridized carbons (Fsp3) is 0.750. The molecule has 7 heavy (non-hydrogen) atoms. The minimum atomic E-state index is 0.642. The Kier molecular flexibility index (Phi) is 6.36. The van der Waals surface area contributed by atoms with Crippen LogP contribution in [-0.2, 0) is 0 Å². The highest BCUT2D eigenvalue weighted by Crippen LogP contribution is 2.06. The van der Waals surface area contributed by atoms with E-state index < -0.39 is 0 Å². The zero-order chi connectivity index (χ0) is 5.54. The molecule has 1 nitrogen and oxygen atoms in total. The van der Waals surface area contributed by atoms with Gasteiger partial charge in [-0.25, -0.2) is 0 Å². The number of unbranched alkanes of at least 4 members (excludes halogenated alkanes) is 1. The van der Waals surface area contributed by atoms with Crippen LogP contribution in [0.4, 0.5) is 0 Å². The lowest BCUT2D eigenvalue weighted by Crippen LogP contribution is -1.71. The Morgan fingerprint density at radius 1 is 1.71 bits per heavy atom. The highest BCUT2D eigenvalue weighted by molar-refractivity contribution is 8.68. The lowest BCUT2D eigenvalue weighted by Gasteiger charge is -1.83. The van der Waals surface area contributed by atoms with Gasteiger partial charge in [0, 0.05) is 12.2 Å². The van der Waals surface area contributed by atoms with Crippen LogP contribution in [0.3, 0.4) is 0 Å². The molecule has 0 atom stereocenters. The second-order valence-electron chi connectivity index (χ2n) is 1.08. The van der Waals surface area contributed by atoms with Crippen molar-refractivity contribution in [2.45, 2.75) is 12.8 Å². The number of nitrogens with zero attached hydrogens (tertiary/aromatic N) is 1. The summed E-state index contributed by atoms with van der Waals surface area (Å²) in [6, 6.07) is 2.04. The Balaban J connectivity index is 2.60.